The fourth-order valence-electron chi connectivity index (χ4n) is 6.42. The second kappa shape index (κ2) is 6.44. The molecule has 3 fully saturated rings. The minimum Gasteiger partial charge on any atom is -0.443 e. The maximum atomic E-state index is 13.7. The molecular formula is C23H28ClFN2O4. The van der Waals surface area contributed by atoms with E-state index in [1.165, 1.54) is 6.07 Å². The van der Waals surface area contributed by atoms with Crippen molar-refractivity contribution in [1.29, 1.82) is 0 Å². The van der Waals surface area contributed by atoms with Crippen LogP contribution in [0.1, 0.15) is 54.4 Å². The van der Waals surface area contributed by atoms with E-state index in [0.717, 1.165) is 30.0 Å². The lowest BCUT2D eigenvalue weighted by Crippen LogP contribution is -2.54. The molecule has 1 N–H and O–H groups in total. The van der Waals surface area contributed by atoms with Crippen molar-refractivity contribution in [1.82, 2.24) is 5.43 Å². The third-order valence-electron chi connectivity index (χ3n) is 8.09. The Morgan fingerprint density at radius 3 is 2.39 bits per heavy atom. The molecule has 0 saturated heterocycles. The number of rotatable bonds is 2. The van der Waals surface area contributed by atoms with Gasteiger partial charge in [-0.15, -0.1) is 0 Å². The molecular weight excluding hydrogens is 423 g/mol. The highest BCUT2D eigenvalue weighted by Crippen LogP contribution is 2.92. The molecule has 0 heterocycles. The van der Waals surface area contributed by atoms with Crippen molar-refractivity contribution < 1.29 is 23.5 Å². The van der Waals surface area contributed by atoms with Crippen LogP contribution in [-0.4, -0.2) is 23.4 Å². The number of nitrogens with zero attached hydrogens (tertiary/aromatic N) is 1. The molecule has 8 heteroatoms. The number of halogens is 2. The van der Waals surface area contributed by atoms with Crippen LogP contribution in [-0.2, 0) is 14.3 Å². The van der Waals surface area contributed by atoms with Crippen LogP contribution < -0.4 is 10.4 Å². The van der Waals surface area contributed by atoms with Crippen LogP contribution in [0.4, 0.5) is 14.9 Å². The zero-order valence-electron chi connectivity index (χ0n) is 18.6. The predicted octanol–water partition coefficient (Wildman–Crippen LogP) is 4.89. The summed E-state index contributed by atoms with van der Waals surface area (Å²) in [6, 6.07) is 3.49. The van der Waals surface area contributed by atoms with Crippen molar-refractivity contribution in [2.75, 3.05) is 5.01 Å². The number of nitrogens with one attached hydrogen (secondary N) is 1. The number of benzene rings is 1. The van der Waals surface area contributed by atoms with Gasteiger partial charge in [-0.2, -0.15) is 0 Å². The van der Waals surface area contributed by atoms with Crippen molar-refractivity contribution in [2.45, 2.75) is 60.0 Å². The average Bonchev–Trinajstić information content (AvgIpc) is 2.98. The summed E-state index contributed by atoms with van der Waals surface area (Å²) in [5.41, 5.74) is 0.819. The van der Waals surface area contributed by atoms with Crippen LogP contribution in [0.3, 0.4) is 0 Å². The van der Waals surface area contributed by atoms with Gasteiger partial charge < -0.3 is 4.74 Å². The standard InChI is InChI=1S/C23H28ClFN2O4/c1-20(2,3)31-19(30)26-27(15-8-7-12(25)11-14(15)24)18(29)16-13-9-10-23(13)21(4,5)22(23,6)17(16)28/h7-8,11,13,16H,9-10H2,1-6H3,(H,26,30)/t13-,16+,22+,23?/m1/s1. The highest BCUT2D eigenvalue weighted by Gasteiger charge is 2.93. The molecule has 4 rings (SSSR count). The van der Waals surface area contributed by atoms with Gasteiger partial charge in [0.2, 0.25) is 0 Å². The van der Waals surface area contributed by atoms with E-state index in [9.17, 15) is 18.8 Å². The second-order valence-electron chi connectivity index (χ2n) is 10.6. The number of carbonyl (C=O) groups excluding carboxylic acids is 3. The van der Waals surface area contributed by atoms with Gasteiger partial charge in [0.05, 0.1) is 10.7 Å². The van der Waals surface area contributed by atoms with Gasteiger partial charge in [0.25, 0.3) is 5.91 Å². The van der Waals surface area contributed by atoms with E-state index in [1.54, 1.807) is 20.8 Å². The highest BCUT2D eigenvalue weighted by molar-refractivity contribution is 6.34. The fraction of sp³-hybridized carbons (Fsp3) is 0.609. The molecule has 0 aromatic heterocycles. The van der Waals surface area contributed by atoms with Crippen LogP contribution in [0.15, 0.2) is 18.2 Å². The summed E-state index contributed by atoms with van der Waals surface area (Å²) in [5, 5.41) is 0.890. The van der Waals surface area contributed by atoms with Crippen molar-refractivity contribution in [3.63, 3.8) is 0 Å². The zero-order chi connectivity index (χ0) is 23.1. The lowest BCUT2D eigenvalue weighted by molar-refractivity contribution is -0.137. The quantitative estimate of drug-likeness (QED) is 0.514. The number of amides is 2. The molecule has 1 unspecified atom stereocenters. The van der Waals surface area contributed by atoms with Crippen LogP contribution >= 0.6 is 11.6 Å². The minimum absolute atomic E-state index is 0.0603. The predicted molar refractivity (Wildman–Crippen MR) is 114 cm³/mol. The molecule has 2 amide bonds. The van der Waals surface area contributed by atoms with E-state index < -0.39 is 34.8 Å². The Morgan fingerprint density at radius 2 is 1.90 bits per heavy atom. The lowest BCUT2D eigenvalue weighted by Gasteiger charge is -2.42. The van der Waals surface area contributed by atoms with E-state index in [4.69, 9.17) is 16.3 Å². The molecule has 0 aliphatic heterocycles. The van der Waals surface area contributed by atoms with Crippen molar-refractivity contribution in [3.05, 3.63) is 29.0 Å². The van der Waals surface area contributed by atoms with E-state index in [-0.39, 0.29) is 33.2 Å². The smallest absolute Gasteiger partial charge is 0.427 e. The first kappa shape index (κ1) is 22.1. The fourth-order valence-corrected chi connectivity index (χ4v) is 6.67. The van der Waals surface area contributed by atoms with Crippen LogP contribution in [0.2, 0.25) is 5.02 Å². The number of hydrogen-bond donors (Lipinski definition) is 1. The van der Waals surface area contributed by atoms with Gasteiger partial charge >= 0.3 is 6.09 Å². The number of ether oxygens (including phenoxy) is 1. The maximum absolute atomic E-state index is 13.7. The van der Waals surface area contributed by atoms with Gasteiger partial charge in [0, 0.05) is 5.41 Å². The van der Waals surface area contributed by atoms with Gasteiger partial charge in [-0.05, 0) is 68.6 Å². The molecule has 0 radical (unpaired) electrons. The molecule has 0 bridgehead atoms. The minimum atomic E-state index is -0.886. The summed E-state index contributed by atoms with van der Waals surface area (Å²) in [6.07, 6.45) is 0.818. The number of carbonyl (C=O) groups is 3. The van der Waals surface area contributed by atoms with Gasteiger partial charge in [-0.3, -0.25) is 9.59 Å². The van der Waals surface area contributed by atoms with Gasteiger partial charge in [-0.25, -0.2) is 19.6 Å². The summed E-state index contributed by atoms with van der Waals surface area (Å²) in [6.45, 7) is 11.2. The SMILES string of the molecule is CC(C)(C)OC(=O)NN(C(=O)[C@@H]1C(=O)[C@@]2(C)C(C)(C)C23CC[C@H]13)c1ccc(F)cc1Cl. The lowest BCUT2D eigenvalue weighted by atomic mass is 9.62. The number of Topliss-reactive ketones (excluding diaryl/α,β-unsaturated/α-hetero) is 1. The number of hydrogen-bond acceptors (Lipinski definition) is 4. The van der Waals surface area contributed by atoms with E-state index in [1.807, 2.05) is 6.92 Å². The summed E-state index contributed by atoms with van der Waals surface area (Å²) >= 11 is 6.20. The first-order valence-electron chi connectivity index (χ1n) is 10.5. The molecule has 1 aromatic rings. The Balaban J connectivity index is 1.69. The van der Waals surface area contributed by atoms with Crippen molar-refractivity contribution in [3.8, 4) is 0 Å². The van der Waals surface area contributed by atoms with Gasteiger partial charge in [-0.1, -0.05) is 32.4 Å². The largest absolute Gasteiger partial charge is 0.443 e. The third kappa shape index (κ3) is 2.71. The Hall–Kier alpha value is -2.15. The molecule has 3 aliphatic carbocycles. The third-order valence-corrected chi connectivity index (χ3v) is 8.40. The molecule has 6 nitrogen and oxygen atoms in total. The Bertz CT molecular complexity index is 1000. The van der Waals surface area contributed by atoms with E-state index >= 15 is 0 Å². The summed E-state index contributed by atoms with van der Waals surface area (Å²) in [7, 11) is 0. The highest BCUT2D eigenvalue weighted by atomic mass is 35.5. The Labute approximate surface area is 186 Å². The van der Waals surface area contributed by atoms with Gasteiger partial charge in [0.15, 0.2) is 5.78 Å². The Morgan fingerprint density at radius 1 is 1.26 bits per heavy atom. The molecule has 168 valence electrons. The summed E-state index contributed by atoms with van der Waals surface area (Å²) in [4.78, 5) is 39.7. The summed E-state index contributed by atoms with van der Waals surface area (Å²) < 4.78 is 18.9. The molecule has 1 spiro atoms. The van der Waals surface area contributed by atoms with Crippen LogP contribution in [0, 0.1) is 33.9 Å². The van der Waals surface area contributed by atoms with E-state index in [0.29, 0.717) is 0 Å². The van der Waals surface area contributed by atoms with Crippen molar-refractivity contribution in [2.24, 2.45) is 28.1 Å². The molecule has 3 aliphatic rings. The maximum Gasteiger partial charge on any atom is 0.427 e. The second-order valence-corrected chi connectivity index (χ2v) is 11.0. The topological polar surface area (TPSA) is 75.7 Å². The normalized spacial score (nSPS) is 32.5. The summed E-state index contributed by atoms with van der Waals surface area (Å²) in [5.74, 6) is -2.22. The first-order chi connectivity index (χ1) is 14.2. The zero-order valence-corrected chi connectivity index (χ0v) is 19.4. The van der Waals surface area contributed by atoms with Gasteiger partial charge in [0.1, 0.15) is 17.3 Å². The number of anilines is 1. The average molecular weight is 451 g/mol. The molecule has 4 atom stereocenters. The van der Waals surface area contributed by atoms with Crippen molar-refractivity contribution >= 4 is 35.1 Å². The number of ketones is 1. The monoisotopic (exact) mass is 450 g/mol. The van der Waals surface area contributed by atoms with Crippen LogP contribution in [0.5, 0.6) is 0 Å². The van der Waals surface area contributed by atoms with E-state index in [2.05, 4.69) is 19.3 Å². The van der Waals surface area contributed by atoms with Crippen LogP contribution in [0.25, 0.3) is 0 Å². The molecule has 3 saturated carbocycles. The molecule has 1 aromatic carbocycles. The number of hydrazine groups is 1. The Kier molecular flexibility index (Phi) is 4.58. The molecule has 31 heavy (non-hydrogen) atoms. The first-order valence-corrected chi connectivity index (χ1v) is 10.9.